The summed E-state index contributed by atoms with van der Waals surface area (Å²) in [7, 11) is 0. The number of imidazole rings is 1. The van der Waals surface area contributed by atoms with E-state index in [1.807, 2.05) is 25.1 Å². The molecule has 106 valence electrons. The van der Waals surface area contributed by atoms with E-state index in [9.17, 15) is 4.79 Å². The molecule has 1 aliphatic rings. The Labute approximate surface area is 122 Å². The summed E-state index contributed by atoms with van der Waals surface area (Å²) in [6.45, 7) is 1.96. The van der Waals surface area contributed by atoms with Gasteiger partial charge in [-0.2, -0.15) is 0 Å². The Bertz CT molecular complexity index is 661. The Morgan fingerprint density at radius 2 is 2.30 bits per heavy atom. The van der Waals surface area contributed by atoms with E-state index in [0.717, 1.165) is 29.7 Å². The van der Waals surface area contributed by atoms with Gasteiger partial charge in [0.05, 0.1) is 11.0 Å². The molecule has 0 saturated heterocycles. The van der Waals surface area contributed by atoms with Crippen molar-refractivity contribution in [2.75, 3.05) is 0 Å². The molecule has 1 aromatic carbocycles. The first-order valence-electron chi connectivity index (χ1n) is 6.92. The number of aliphatic carboxylic acids is 1. The van der Waals surface area contributed by atoms with E-state index in [4.69, 9.17) is 16.7 Å². The van der Waals surface area contributed by atoms with Gasteiger partial charge < -0.3 is 9.67 Å². The second-order valence-corrected chi connectivity index (χ2v) is 6.11. The van der Waals surface area contributed by atoms with Crippen molar-refractivity contribution in [2.45, 2.75) is 38.6 Å². The van der Waals surface area contributed by atoms with Crippen LogP contribution in [0.3, 0.4) is 0 Å². The van der Waals surface area contributed by atoms with Gasteiger partial charge in [0.2, 0.25) is 0 Å². The van der Waals surface area contributed by atoms with E-state index in [2.05, 4.69) is 9.55 Å². The maximum absolute atomic E-state index is 10.8. The molecule has 1 fully saturated rings. The second-order valence-electron chi connectivity index (χ2n) is 5.67. The summed E-state index contributed by atoms with van der Waals surface area (Å²) in [5.74, 6) is 0.311. The largest absolute Gasteiger partial charge is 0.481 e. The Morgan fingerprint density at radius 3 is 2.95 bits per heavy atom. The number of halogens is 1. The highest BCUT2D eigenvalue weighted by atomic mass is 35.5. The monoisotopic (exact) mass is 292 g/mol. The molecule has 1 saturated carbocycles. The zero-order valence-electron chi connectivity index (χ0n) is 11.3. The van der Waals surface area contributed by atoms with Crippen molar-refractivity contribution in [3.8, 4) is 0 Å². The molecule has 0 radical (unpaired) electrons. The Hall–Kier alpha value is -1.55. The van der Waals surface area contributed by atoms with Gasteiger partial charge in [0.1, 0.15) is 5.82 Å². The maximum atomic E-state index is 10.8. The van der Waals surface area contributed by atoms with Crippen molar-refractivity contribution < 1.29 is 9.90 Å². The third-order valence-corrected chi connectivity index (χ3v) is 3.93. The summed E-state index contributed by atoms with van der Waals surface area (Å²) in [4.78, 5) is 15.5. The molecule has 0 spiro atoms. The minimum absolute atomic E-state index is 0.0808. The molecule has 1 N–H and O–H groups in total. The maximum Gasteiger partial charge on any atom is 0.303 e. The SMILES string of the molecule is CC(CC(=O)O)Cc1nc2ccc(Cl)cc2n1C1CC1. The number of hydrogen-bond donors (Lipinski definition) is 1. The Kier molecular flexibility index (Phi) is 3.42. The third kappa shape index (κ3) is 2.66. The van der Waals surface area contributed by atoms with Crippen LogP contribution >= 0.6 is 11.6 Å². The summed E-state index contributed by atoms with van der Waals surface area (Å²) in [5.41, 5.74) is 2.01. The third-order valence-electron chi connectivity index (χ3n) is 3.69. The van der Waals surface area contributed by atoms with Crippen molar-refractivity contribution in [2.24, 2.45) is 5.92 Å². The van der Waals surface area contributed by atoms with Crippen LogP contribution in [-0.2, 0) is 11.2 Å². The molecule has 1 aromatic heterocycles. The molecule has 0 aliphatic heterocycles. The standard InChI is InChI=1S/C15H17ClN2O2/c1-9(7-15(19)20)6-14-17-12-5-2-10(16)8-13(12)18(14)11-3-4-11/h2,5,8-9,11H,3-4,6-7H2,1H3,(H,19,20). The predicted octanol–water partition coefficient (Wildman–Crippen LogP) is 3.68. The van der Waals surface area contributed by atoms with Crippen LogP contribution in [0.2, 0.25) is 5.02 Å². The van der Waals surface area contributed by atoms with Crippen LogP contribution in [-0.4, -0.2) is 20.6 Å². The minimum Gasteiger partial charge on any atom is -0.481 e. The summed E-state index contributed by atoms with van der Waals surface area (Å²) >= 11 is 6.08. The van der Waals surface area contributed by atoms with Gasteiger partial charge in [0.25, 0.3) is 0 Å². The van der Waals surface area contributed by atoms with Crippen molar-refractivity contribution in [1.29, 1.82) is 0 Å². The number of hydrogen-bond acceptors (Lipinski definition) is 2. The number of carboxylic acids is 1. The number of aromatic nitrogens is 2. The van der Waals surface area contributed by atoms with Crippen molar-refractivity contribution >= 4 is 28.6 Å². The quantitative estimate of drug-likeness (QED) is 0.914. The van der Waals surface area contributed by atoms with E-state index in [1.165, 1.54) is 0 Å². The van der Waals surface area contributed by atoms with E-state index < -0.39 is 5.97 Å². The van der Waals surface area contributed by atoms with Crippen LogP contribution in [0.1, 0.15) is 38.1 Å². The van der Waals surface area contributed by atoms with Gasteiger partial charge in [0, 0.05) is 23.9 Å². The van der Waals surface area contributed by atoms with Gasteiger partial charge >= 0.3 is 5.97 Å². The van der Waals surface area contributed by atoms with Crippen LogP contribution in [0, 0.1) is 5.92 Å². The molecule has 20 heavy (non-hydrogen) atoms. The zero-order chi connectivity index (χ0) is 14.3. The first kappa shape index (κ1) is 13.4. The molecule has 2 aromatic rings. The van der Waals surface area contributed by atoms with Gasteiger partial charge in [-0.3, -0.25) is 4.79 Å². The molecule has 1 aliphatic carbocycles. The molecule has 4 nitrogen and oxygen atoms in total. The van der Waals surface area contributed by atoms with Crippen LogP contribution in [0.15, 0.2) is 18.2 Å². The van der Waals surface area contributed by atoms with Gasteiger partial charge in [-0.1, -0.05) is 18.5 Å². The fraction of sp³-hybridized carbons (Fsp3) is 0.467. The first-order valence-corrected chi connectivity index (χ1v) is 7.30. The number of carboxylic acid groups (broad SMARTS) is 1. The lowest BCUT2D eigenvalue weighted by molar-refractivity contribution is -0.137. The lowest BCUT2D eigenvalue weighted by atomic mass is 10.0. The Morgan fingerprint density at radius 1 is 1.55 bits per heavy atom. The normalized spacial score (nSPS) is 16.5. The van der Waals surface area contributed by atoms with E-state index in [-0.39, 0.29) is 12.3 Å². The molecule has 0 amide bonds. The zero-order valence-corrected chi connectivity index (χ0v) is 12.1. The van der Waals surface area contributed by atoms with Gasteiger partial charge in [-0.25, -0.2) is 4.98 Å². The lowest BCUT2D eigenvalue weighted by Crippen LogP contribution is -2.11. The van der Waals surface area contributed by atoms with Crippen LogP contribution in [0.5, 0.6) is 0 Å². The van der Waals surface area contributed by atoms with E-state index >= 15 is 0 Å². The van der Waals surface area contributed by atoms with Crippen LogP contribution in [0.25, 0.3) is 11.0 Å². The molecular formula is C15H17ClN2O2. The van der Waals surface area contributed by atoms with E-state index in [1.54, 1.807) is 0 Å². The number of rotatable bonds is 5. The molecule has 5 heteroatoms. The van der Waals surface area contributed by atoms with Crippen molar-refractivity contribution in [1.82, 2.24) is 9.55 Å². The number of benzene rings is 1. The van der Waals surface area contributed by atoms with Gasteiger partial charge in [-0.15, -0.1) is 0 Å². The van der Waals surface area contributed by atoms with Crippen molar-refractivity contribution in [3.05, 3.63) is 29.0 Å². The summed E-state index contributed by atoms with van der Waals surface area (Å²) < 4.78 is 2.25. The minimum atomic E-state index is -0.755. The average Bonchev–Trinajstić information content (AvgIpc) is 3.11. The highest BCUT2D eigenvalue weighted by Gasteiger charge is 2.28. The Balaban J connectivity index is 1.97. The smallest absolute Gasteiger partial charge is 0.303 e. The number of fused-ring (bicyclic) bond motifs is 1. The summed E-state index contributed by atoms with van der Waals surface area (Å²) in [5, 5.41) is 9.60. The first-order chi connectivity index (χ1) is 9.54. The van der Waals surface area contributed by atoms with Crippen LogP contribution in [0.4, 0.5) is 0 Å². The average molecular weight is 293 g/mol. The highest BCUT2D eigenvalue weighted by molar-refractivity contribution is 6.31. The number of nitrogens with zero attached hydrogens (tertiary/aromatic N) is 2. The van der Waals surface area contributed by atoms with Gasteiger partial charge in [-0.05, 0) is 37.0 Å². The van der Waals surface area contributed by atoms with Gasteiger partial charge in [0.15, 0.2) is 0 Å². The molecular weight excluding hydrogens is 276 g/mol. The predicted molar refractivity (Wildman–Crippen MR) is 78.1 cm³/mol. The topological polar surface area (TPSA) is 55.1 Å². The number of carbonyl (C=O) groups is 1. The molecule has 0 bridgehead atoms. The summed E-state index contributed by atoms with van der Waals surface area (Å²) in [6.07, 6.45) is 3.19. The molecule has 1 heterocycles. The summed E-state index contributed by atoms with van der Waals surface area (Å²) in [6, 6.07) is 6.24. The fourth-order valence-corrected chi connectivity index (χ4v) is 2.85. The highest BCUT2D eigenvalue weighted by Crippen LogP contribution is 2.39. The lowest BCUT2D eigenvalue weighted by Gasteiger charge is -2.11. The second kappa shape index (κ2) is 5.09. The molecule has 3 rings (SSSR count). The molecule has 1 atom stereocenters. The van der Waals surface area contributed by atoms with Crippen LogP contribution < -0.4 is 0 Å². The fourth-order valence-electron chi connectivity index (χ4n) is 2.68. The van der Waals surface area contributed by atoms with Crippen molar-refractivity contribution in [3.63, 3.8) is 0 Å². The van der Waals surface area contributed by atoms with E-state index in [0.29, 0.717) is 17.5 Å². The molecule has 1 unspecified atom stereocenters.